The van der Waals surface area contributed by atoms with Gasteiger partial charge in [-0.15, -0.1) is 0 Å². The Kier molecular flexibility index (Phi) is 19.9. The fraction of sp³-hybridized carbons (Fsp3) is 0.675. The van der Waals surface area contributed by atoms with E-state index in [0.717, 1.165) is 11.1 Å². The molecule has 1 aliphatic heterocycles. The Labute approximate surface area is 322 Å². The van der Waals surface area contributed by atoms with Crippen LogP contribution in [-0.2, 0) is 39.9 Å². The molecule has 0 aromatic heterocycles. The third kappa shape index (κ3) is 13.2. The number of carbonyl (C=O) groups excluding carboxylic acids is 5. The van der Waals surface area contributed by atoms with Gasteiger partial charge in [-0.3, -0.25) is 28.9 Å². The summed E-state index contributed by atoms with van der Waals surface area (Å²) in [7, 11) is 8.32. The first-order valence-electron chi connectivity index (χ1n) is 19.0. The Morgan fingerprint density at radius 2 is 1.63 bits per heavy atom. The zero-order valence-electron chi connectivity index (χ0n) is 34.1. The molecule has 0 saturated carbocycles. The number of likely N-dealkylation sites (tertiary alicyclic amines) is 1. The van der Waals surface area contributed by atoms with E-state index in [1.807, 2.05) is 83.1 Å². The molecule has 1 aliphatic rings. The highest BCUT2D eigenvalue weighted by molar-refractivity contribution is 5.89. The third-order valence-corrected chi connectivity index (χ3v) is 10.4. The van der Waals surface area contributed by atoms with Crippen molar-refractivity contribution in [3.05, 3.63) is 47.5 Å². The van der Waals surface area contributed by atoms with Gasteiger partial charge >= 0.3 is 0 Å². The molecule has 1 saturated heterocycles. The highest BCUT2D eigenvalue weighted by Crippen LogP contribution is 2.29. The standard InChI is InChI=1S/C40H66N6O8/c1-11-27(4)36(45(8)34(49)25-42-40(52)35(26(2)3)44(6)7)32(53-9)24-33(48)46-21-15-19-31(46)37(54-10)28(5)38(50)43-30(39(51)41-20-16-22-47)23-29-17-13-12-14-18-29/h11-14,17-18,26,28,30-32,35-37,47H,15-16,19-25H2,1-10H3,(H,41,51)(H,42,52)(H,43,50). The number of aliphatic hydroxyl groups excluding tert-OH is 1. The summed E-state index contributed by atoms with van der Waals surface area (Å²) in [6.45, 7) is 9.84. The number of ether oxygens (including phenoxy) is 2. The highest BCUT2D eigenvalue weighted by Gasteiger charge is 2.42. The first-order valence-corrected chi connectivity index (χ1v) is 19.0. The van der Waals surface area contributed by atoms with Crippen molar-refractivity contribution in [2.75, 3.05) is 61.6 Å². The van der Waals surface area contributed by atoms with Crippen LogP contribution in [0.1, 0.15) is 65.9 Å². The van der Waals surface area contributed by atoms with E-state index in [1.165, 1.54) is 19.1 Å². The summed E-state index contributed by atoms with van der Waals surface area (Å²) in [6, 6.07) is 7.15. The molecular formula is C40H66N6O8. The van der Waals surface area contributed by atoms with Crippen LogP contribution in [-0.4, -0.2) is 147 Å². The summed E-state index contributed by atoms with van der Waals surface area (Å²) in [5.74, 6) is -2.15. The molecule has 304 valence electrons. The van der Waals surface area contributed by atoms with E-state index in [2.05, 4.69) is 16.0 Å². The van der Waals surface area contributed by atoms with E-state index in [4.69, 9.17) is 9.47 Å². The van der Waals surface area contributed by atoms with E-state index >= 15 is 0 Å². The fourth-order valence-electron chi connectivity index (χ4n) is 7.38. The lowest BCUT2D eigenvalue weighted by atomic mass is 9.93. The van der Waals surface area contributed by atoms with Crippen molar-refractivity contribution in [1.29, 1.82) is 0 Å². The Balaban J connectivity index is 2.21. The van der Waals surface area contributed by atoms with Crippen LogP contribution in [0.3, 0.4) is 0 Å². The molecule has 14 heteroatoms. The van der Waals surface area contributed by atoms with Gasteiger partial charge in [0.2, 0.25) is 29.5 Å². The number of rotatable bonds is 22. The number of nitrogens with zero attached hydrogens (tertiary/aromatic N) is 3. The average Bonchev–Trinajstić information content (AvgIpc) is 3.63. The fourth-order valence-corrected chi connectivity index (χ4v) is 7.38. The molecule has 1 fully saturated rings. The Morgan fingerprint density at radius 3 is 2.19 bits per heavy atom. The van der Waals surface area contributed by atoms with Crippen molar-refractivity contribution in [2.24, 2.45) is 11.8 Å². The van der Waals surface area contributed by atoms with Crippen molar-refractivity contribution in [1.82, 2.24) is 30.7 Å². The van der Waals surface area contributed by atoms with E-state index in [9.17, 15) is 29.1 Å². The lowest BCUT2D eigenvalue weighted by Gasteiger charge is -2.37. The molecule has 14 nitrogen and oxygen atoms in total. The average molecular weight is 759 g/mol. The summed E-state index contributed by atoms with van der Waals surface area (Å²) in [4.78, 5) is 72.5. The van der Waals surface area contributed by atoms with Gasteiger partial charge in [-0.05, 0) is 58.7 Å². The quantitative estimate of drug-likeness (QED) is 0.102. The van der Waals surface area contributed by atoms with Gasteiger partial charge in [-0.2, -0.15) is 0 Å². The van der Waals surface area contributed by atoms with Gasteiger partial charge in [0.05, 0.1) is 49.2 Å². The summed E-state index contributed by atoms with van der Waals surface area (Å²) in [6.07, 6.45) is 2.49. The van der Waals surface area contributed by atoms with Crippen molar-refractivity contribution < 1.29 is 38.6 Å². The zero-order valence-corrected chi connectivity index (χ0v) is 34.1. The minimum absolute atomic E-state index is 0.0347. The topological polar surface area (TPSA) is 170 Å². The molecule has 2 rings (SSSR count). The van der Waals surface area contributed by atoms with Gasteiger partial charge in [-0.25, -0.2) is 0 Å². The smallest absolute Gasteiger partial charge is 0.242 e. The van der Waals surface area contributed by atoms with Gasteiger partial charge in [-0.1, -0.05) is 62.8 Å². The number of benzene rings is 1. The number of allylic oxidation sites excluding steroid dienone is 1. The SMILES string of the molecule is CC=C(C)C(C(CC(=O)N1CCCC1C(OC)C(C)C(=O)NC(Cc1ccccc1)C(=O)NCCCO)OC)N(C)C(=O)CNC(=O)C(C(C)C)N(C)C. The van der Waals surface area contributed by atoms with E-state index in [-0.39, 0.29) is 68.0 Å². The maximum atomic E-state index is 14.1. The summed E-state index contributed by atoms with van der Waals surface area (Å²) in [5, 5.41) is 17.7. The first-order chi connectivity index (χ1) is 25.6. The third-order valence-electron chi connectivity index (χ3n) is 10.4. The molecular weight excluding hydrogens is 692 g/mol. The van der Waals surface area contributed by atoms with Crippen molar-refractivity contribution in [3.63, 3.8) is 0 Å². The van der Waals surface area contributed by atoms with Gasteiger partial charge in [0, 0.05) is 47.4 Å². The second kappa shape index (κ2) is 23.2. The van der Waals surface area contributed by atoms with Crippen LogP contribution in [0.4, 0.5) is 0 Å². The lowest BCUT2D eigenvalue weighted by Crippen LogP contribution is -2.55. The summed E-state index contributed by atoms with van der Waals surface area (Å²) >= 11 is 0. The van der Waals surface area contributed by atoms with Crippen molar-refractivity contribution >= 4 is 29.5 Å². The Hall–Kier alpha value is -3.85. The maximum absolute atomic E-state index is 14.1. The molecule has 7 unspecified atom stereocenters. The van der Waals surface area contributed by atoms with Gasteiger partial charge in [0.25, 0.3) is 0 Å². The van der Waals surface area contributed by atoms with Crippen LogP contribution < -0.4 is 16.0 Å². The molecule has 0 spiro atoms. The van der Waals surface area contributed by atoms with Gasteiger partial charge < -0.3 is 40.3 Å². The Morgan fingerprint density at radius 1 is 0.963 bits per heavy atom. The van der Waals surface area contributed by atoms with Crippen LogP contribution in [0.5, 0.6) is 0 Å². The number of hydrogen-bond donors (Lipinski definition) is 4. The van der Waals surface area contributed by atoms with Gasteiger partial charge in [0.1, 0.15) is 6.04 Å². The van der Waals surface area contributed by atoms with E-state index < -0.39 is 42.3 Å². The maximum Gasteiger partial charge on any atom is 0.242 e. The zero-order chi connectivity index (χ0) is 40.5. The molecule has 0 aliphatic carbocycles. The number of carbonyl (C=O) groups is 5. The first kappa shape index (κ1) is 46.3. The van der Waals surface area contributed by atoms with Crippen molar-refractivity contribution in [3.8, 4) is 0 Å². The van der Waals surface area contributed by atoms with E-state index in [0.29, 0.717) is 25.8 Å². The molecule has 7 atom stereocenters. The Bertz CT molecular complexity index is 1380. The van der Waals surface area contributed by atoms with Crippen LogP contribution in [0.15, 0.2) is 42.0 Å². The van der Waals surface area contributed by atoms with E-state index in [1.54, 1.807) is 18.9 Å². The van der Waals surface area contributed by atoms with Crippen LogP contribution >= 0.6 is 0 Å². The molecule has 1 heterocycles. The summed E-state index contributed by atoms with van der Waals surface area (Å²) in [5.41, 5.74) is 1.71. The minimum atomic E-state index is -0.855. The van der Waals surface area contributed by atoms with Crippen molar-refractivity contribution in [2.45, 2.75) is 103 Å². The molecule has 0 radical (unpaired) electrons. The number of nitrogens with one attached hydrogen (secondary N) is 3. The molecule has 1 aromatic carbocycles. The number of likely N-dealkylation sites (N-methyl/N-ethyl adjacent to an activating group) is 2. The number of hydrogen-bond acceptors (Lipinski definition) is 9. The largest absolute Gasteiger partial charge is 0.396 e. The highest BCUT2D eigenvalue weighted by atomic mass is 16.5. The molecule has 5 amide bonds. The van der Waals surface area contributed by atoms with Crippen LogP contribution in [0.25, 0.3) is 0 Å². The molecule has 4 N–H and O–H groups in total. The normalized spacial score (nSPS) is 18.1. The van der Waals surface area contributed by atoms with Gasteiger partial charge in [0.15, 0.2) is 0 Å². The predicted octanol–water partition coefficient (Wildman–Crippen LogP) is 1.76. The predicted molar refractivity (Wildman–Crippen MR) is 208 cm³/mol. The molecule has 1 aromatic rings. The van der Waals surface area contributed by atoms with Crippen LogP contribution in [0.2, 0.25) is 0 Å². The van der Waals surface area contributed by atoms with Crippen LogP contribution in [0, 0.1) is 11.8 Å². The number of methoxy groups -OCH3 is 2. The summed E-state index contributed by atoms with van der Waals surface area (Å²) < 4.78 is 11.8. The second-order valence-electron chi connectivity index (χ2n) is 14.7. The number of amides is 5. The minimum Gasteiger partial charge on any atom is -0.396 e. The lowest BCUT2D eigenvalue weighted by molar-refractivity contribution is -0.144. The second-order valence-corrected chi connectivity index (χ2v) is 14.7. The molecule has 0 bridgehead atoms. The monoisotopic (exact) mass is 758 g/mol. The number of aliphatic hydroxyl groups is 1. The molecule has 54 heavy (non-hydrogen) atoms.